The summed E-state index contributed by atoms with van der Waals surface area (Å²) < 4.78 is 0. The first kappa shape index (κ1) is 16.4. The third kappa shape index (κ3) is 4.75. The maximum atomic E-state index is 12.7. The molecule has 1 saturated heterocycles. The van der Waals surface area contributed by atoms with E-state index in [0.29, 0.717) is 6.04 Å². The lowest BCUT2D eigenvalue weighted by Gasteiger charge is -2.26. The van der Waals surface area contributed by atoms with Crippen molar-refractivity contribution in [2.45, 2.75) is 43.5 Å². The van der Waals surface area contributed by atoms with Crippen molar-refractivity contribution >= 4 is 17.7 Å². The third-order valence-electron chi connectivity index (χ3n) is 4.01. The first-order valence-electron chi connectivity index (χ1n) is 7.91. The number of benzene rings is 1. The van der Waals surface area contributed by atoms with Crippen LogP contribution >= 0.6 is 11.8 Å². The van der Waals surface area contributed by atoms with Gasteiger partial charge in [0.05, 0.1) is 0 Å². The van der Waals surface area contributed by atoms with Gasteiger partial charge in [-0.05, 0) is 56.3 Å². The van der Waals surface area contributed by atoms with E-state index in [1.165, 1.54) is 17.7 Å². The molecule has 1 amide bonds. The summed E-state index contributed by atoms with van der Waals surface area (Å²) in [7, 11) is 0. The quantitative estimate of drug-likeness (QED) is 0.784. The predicted octanol–water partition coefficient (Wildman–Crippen LogP) is 3.40. The lowest BCUT2D eigenvalue weighted by atomic mass is 10.1. The van der Waals surface area contributed by atoms with Gasteiger partial charge in [-0.3, -0.25) is 4.79 Å². The molecule has 1 aromatic carbocycles. The molecule has 0 aliphatic carbocycles. The standard InChI is InChI=1S/C17H26N2OS/c1-3-4-12-19(13-15-6-5-11-18-15)17(20)14-7-9-16(21-2)10-8-14/h7-10,15,18H,3-6,11-13H2,1-2H3. The molecule has 0 radical (unpaired) electrons. The van der Waals surface area contributed by atoms with Crippen molar-refractivity contribution < 1.29 is 4.79 Å². The number of rotatable bonds is 7. The second-order valence-electron chi connectivity index (χ2n) is 5.63. The smallest absolute Gasteiger partial charge is 0.253 e. The number of carbonyl (C=O) groups excluding carboxylic acids is 1. The molecule has 0 bridgehead atoms. The molecular weight excluding hydrogens is 280 g/mol. The number of amides is 1. The van der Waals surface area contributed by atoms with Gasteiger partial charge in [-0.25, -0.2) is 0 Å². The van der Waals surface area contributed by atoms with E-state index in [-0.39, 0.29) is 5.91 Å². The highest BCUT2D eigenvalue weighted by molar-refractivity contribution is 7.98. The van der Waals surface area contributed by atoms with Gasteiger partial charge in [-0.2, -0.15) is 0 Å². The van der Waals surface area contributed by atoms with Gasteiger partial charge in [0.15, 0.2) is 0 Å². The number of carbonyl (C=O) groups is 1. The van der Waals surface area contributed by atoms with Crippen LogP contribution in [0.4, 0.5) is 0 Å². The van der Waals surface area contributed by atoms with E-state index >= 15 is 0 Å². The molecule has 1 aliphatic rings. The van der Waals surface area contributed by atoms with Crippen LogP contribution in [0.1, 0.15) is 43.0 Å². The van der Waals surface area contributed by atoms with Crippen molar-refractivity contribution in [2.75, 3.05) is 25.9 Å². The number of hydrogen-bond acceptors (Lipinski definition) is 3. The molecule has 21 heavy (non-hydrogen) atoms. The SMILES string of the molecule is CCCCN(CC1CCCN1)C(=O)c1ccc(SC)cc1. The van der Waals surface area contributed by atoms with Crippen LogP contribution in [0.5, 0.6) is 0 Å². The van der Waals surface area contributed by atoms with Gasteiger partial charge in [0.25, 0.3) is 5.91 Å². The average molecular weight is 306 g/mol. The Bertz CT molecular complexity index is 441. The maximum Gasteiger partial charge on any atom is 0.253 e. The Balaban J connectivity index is 2.03. The molecule has 1 fully saturated rings. The van der Waals surface area contributed by atoms with Crippen LogP contribution in [0, 0.1) is 0 Å². The van der Waals surface area contributed by atoms with Gasteiger partial charge in [0.1, 0.15) is 0 Å². The van der Waals surface area contributed by atoms with Gasteiger partial charge in [-0.1, -0.05) is 13.3 Å². The number of hydrogen-bond donors (Lipinski definition) is 1. The zero-order valence-corrected chi connectivity index (χ0v) is 13.9. The minimum Gasteiger partial charge on any atom is -0.337 e. The van der Waals surface area contributed by atoms with Gasteiger partial charge in [0, 0.05) is 29.6 Å². The Morgan fingerprint density at radius 2 is 2.14 bits per heavy atom. The van der Waals surface area contributed by atoms with Crippen LogP contribution in [-0.2, 0) is 0 Å². The van der Waals surface area contributed by atoms with Crippen LogP contribution in [0.15, 0.2) is 29.2 Å². The monoisotopic (exact) mass is 306 g/mol. The molecule has 1 aliphatic heterocycles. The summed E-state index contributed by atoms with van der Waals surface area (Å²) in [6.45, 7) is 4.95. The van der Waals surface area contributed by atoms with Crippen molar-refractivity contribution in [2.24, 2.45) is 0 Å². The molecule has 2 rings (SSSR count). The van der Waals surface area contributed by atoms with E-state index in [9.17, 15) is 4.79 Å². The summed E-state index contributed by atoms with van der Waals surface area (Å²) in [4.78, 5) is 16.0. The van der Waals surface area contributed by atoms with Crippen LogP contribution < -0.4 is 5.32 Å². The second-order valence-corrected chi connectivity index (χ2v) is 6.51. The predicted molar refractivity (Wildman–Crippen MR) is 90.1 cm³/mol. The summed E-state index contributed by atoms with van der Waals surface area (Å²) in [5.41, 5.74) is 0.807. The molecule has 0 spiro atoms. The van der Waals surface area contributed by atoms with Crippen molar-refractivity contribution in [3.05, 3.63) is 29.8 Å². The van der Waals surface area contributed by atoms with Gasteiger partial charge < -0.3 is 10.2 Å². The van der Waals surface area contributed by atoms with E-state index in [1.807, 2.05) is 29.2 Å². The summed E-state index contributed by atoms with van der Waals surface area (Å²) in [6, 6.07) is 8.44. The molecule has 1 aromatic rings. The molecule has 116 valence electrons. The molecule has 0 aromatic heterocycles. The molecule has 4 heteroatoms. The lowest BCUT2D eigenvalue weighted by Crippen LogP contribution is -2.41. The fraction of sp³-hybridized carbons (Fsp3) is 0.588. The minimum atomic E-state index is 0.171. The molecule has 1 unspecified atom stereocenters. The first-order valence-corrected chi connectivity index (χ1v) is 9.13. The van der Waals surface area contributed by atoms with Crippen molar-refractivity contribution in [1.29, 1.82) is 0 Å². The summed E-state index contributed by atoms with van der Waals surface area (Å²) in [5.74, 6) is 0.171. The zero-order valence-electron chi connectivity index (χ0n) is 13.1. The lowest BCUT2D eigenvalue weighted by molar-refractivity contribution is 0.0739. The normalized spacial score (nSPS) is 17.9. The second kappa shape index (κ2) is 8.44. The Morgan fingerprint density at radius 3 is 2.71 bits per heavy atom. The van der Waals surface area contributed by atoms with Gasteiger partial charge >= 0.3 is 0 Å². The van der Waals surface area contributed by atoms with E-state index in [2.05, 4.69) is 18.5 Å². The maximum absolute atomic E-state index is 12.7. The van der Waals surface area contributed by atoms with Crippen LogP contribution in [0.25, 0.3) is 0 Å². The Morgan fingerprint density at radius 1 is 1.38 bits per heavy atom. The number of thioether (sulfide) groups is 1. The molecule has 3 nitrogen and oxygen atoms in total. The molecule has 1 N–H and O–H groups in total. The molecule has 0 saturated carbocycles. The van der Waals surface area contributed by atoms with E-state index in [0.717, 1.165) is 38.0 Å². The zero-order chi connectivity index (χ0) is 15.1. The Hall–Kier alpha value is -1.00. The fourth-order valence-corrected chi connectivity index (χ4v) is 3.13. The Kier molecular flexibility index (Phi) is 6.58. The number of nitrogens with one attached hydrogen (secondary N) is 1. The van der Waals surface area contributed by atoms with Crippen LogP contribution in [-0.4, -0.2) is 42.7 Å². The van der Waals surface area contributed by atoms with E-state index in [1.54, 1.807) is 11.8 Å². The highest BCUT2D eigenvalue weighted by Crippen LogP contribution is 2.17. The van der Waals surface area contributed by atoms with Gasteiger partial charge in [0.2, 0.25) is 0 Å². The van der Waals surface area contributed by atoms with Crippen molar-refractivity contribution in [1.82, 2.24) is 10.2 Å². The van der Waals surface area contributed by atoms with Crippen molar-refractivity contribution in [3.63, 3.8) is 0 Å². The summed E-state index contributed by atoms with van der Waals surface area (Å²) in [5, 5.41) is 3.49. The highest BCUT2D eigenvalue weighted by Gasteiger charge is 2.22. The van der Waals surface area contributed by atoms with Crippen LogP contribution in [0.2, 0.25) is 0 Å². The Labute approximate surface area is 132 Å². The molecule has 1 heterocycles. The molecular formula is C17H26N2OS. The summed E-state index contributed by atoms with van der Waals surface area (Å²) >= 11 is 1.70. The fourth-order valence-electron chi connectivity index (χ4n) is 2.72. The van der Waals surface area contributed by atoms with E-state index in [4.69, 9.17) is 0 Å². The third-order valence-corrected chi connectivity index (χ3v) is 4.75. The molecule has 1 atom stereocenters. The van der Waals surface area contributed by atoms with E-state index < -0.39 is 0 Å². The average Bonchev–Trinajstić information content (AvgIpc) is 3.04. The largest absolute Gasteiger partial charge is 0.337 e. The van der Waals surface area contributed by atoms with Crippen LogP contribution in [0.3, 0.4) is 0 Å². The topological polar surface area (TPSA) is 32.3 Å². The first-order chi connectivity index (χ1) is 10.2. The summed E-state index contributed by atoms with van der Waals surface area (Å²) in [6.07, 6.45) is 6.65. The number of unbranched alkanes of at least 4 members (excludes halogenated alkanes) is 1. The number of nitrogens with zero attached hydrogens (tertiary/aromatic N) is 1. The van der Waals surface area contributed by atoms with Crippen molar-refractivity contribution in [3.8, 4) is 0 Å². The highest BCUT2D eigenvalue weighted by atomic mass is 32.2. The minimum absolute atomic E-state index is 0.171. The van der Waals surface area contributed by atoms with Gasteiger partial charge in [-0.15, -0.1) is 11.8 Å².